The molecule has 0 saturated heterocycles. The topological polar surface area (TPSA) is 47.9 Å². The molecule has 0 heterocycles. The molecule has 1 aromatic rings. The van der Waals surface area contributed by atoms with Gasteiger partial charge < -0.3 is 19.3 Å². The Labute approximate surface area is 115 Å². The Kier molecular flexibility index (Phi) is 7.30. The molecule has 0 aliphatic rings. The van der Waals surface area contributed by atoms with Crippen LogP contribution in [0.3, 0.4) is 0 Å². The highest BCUT2D eigenvalue weighted by atomic mass is 16.5. The maximum atomic E-state index is 9.28. The van der Waals surface area contributed by atoms with Crippen LogP contribution >= 0.6 is 0 Å². The molecule has 1 rings (SSSR count). The molecule has 1 aromatic carbocycles. The second-order valence-electron chi connectivity index (χ2n) is 4.54. The van der Waals surface area contributed by atoms with Gasteiger partial charge in [0.2, 0.25) is 0 Å². The van der Waals surface area contributed by atoms with Gasteiger partial charge in [-0.2, -0.15) is 0 Å². The number of aliphatic hydroxyl groups excluding tert-OH is 1. The highest BCUT2D eigenvalue weighted by Crippen LogP contribution is 2.25. The lowest BCUT2D eigenvalue weighted by Gasteiger charge is -2.13. The van der Waals surface area contributed by atoms with Crippen molar-refractivity contribution in [2.75, 3.05) is 19.8 Å². The van der Waals surface area contributed by atoms with Crippen molar-refractivity contribution in [3.05, 3.63) is 23.8 Å². The van der Waals surface area contributed by atoms with Crippen molar-refractivity contribution in [1.82, 2.24) is 0 Å². The van der Waals surface area contributed by atoms with Crippen LogP contribution in [0.1, 0.15) is 32.8 Å². The molecule has 0 radical (unpaired) electrons. The van der Waals surface area contributed by atoms with E-state index in [1.165, 1.54) is 0 Å². The molecule has 0 fully saturated rings. The summed E-state index contributed by atoms with van der Waals surface area (Å²) in [4.78, 5) is 0. The van der Waals surface area contributed by atoms with Gasteiger partial charge in [0.1, 0.15) is 18.1 Å². The van der Waals surface area contributed by atoms with Gasteiger partial charge >= 0.3 is 0 Å². The monoisotopic (exact) mass is 268 g/mol. The van der Waals surface area contributed by atoms with Gasteiger partial charge in [0.05, 0.1) is 25.9 Å². The van der Waals surface area contributed by atoms with Gasteiger partial charge in [-0.25, -0.2) is 0 Å². The summed E-state index contributed by atoms with van der Waals surface area (Å²) < 4.78 is 16.6. The normalized spacial score (nSPS) is 10.8. The van der Waals surface area contributed by atoms with E-state index in [-0.39, 0.29) is 12.7 Å². The van der Waals surface area contributed by atoms with E-state index in [1.54, 1.807) is 0 Å². The maximum absolute atomic E-state index is 9.28. The maximum Gasteiger partial charge on any atom is 0.128 e. The third-order valence-corrected chi connectivity index (χ3v) is 2.47. The Morgan fingerprint density at radius 2 is 1.89 bits per heavy atom. The fourth-order valence-electron chi connectivity index (χ4n) is 1.54. The fraction of sp³-hybridized carbons (Fsp3) is 0.600. The number of hydrogen-bond acceptors (Lipinski definition) is 4. The van der Waals surface area contributed by atoms with E-state index in [0.717, 1.165) is 17.7 Å². The quantitative estimate of drug-likeness (QED) is 0.700. The Morgan fingerprint density at radius 1 is 1.11 bits per heavy atom. The molecule has 0 unspecified atom stereocenters. The zero-order valence-corrected chi connectivity index (χ0v) is 12.0. The molecular weight excluding hydrogens is 244 g/mol. The first kappa shape index (κ1) is 15.8. The summed E-state index contributed by atoms with van der Waals surface area (Å²) >= 11 is 0. The Hall–Kier alpha value is -1.26. The van der Waals surface area contributed by atoms with Crippen LogP contribution in [-0.2, 0) is 11.3 Å². The lowest BCUT2D eigenvalue weighted by molar-refractivity contribution is 0.0547. The van der Waals surface area contributed by atoms with Crippen molar-refractivity contribution < 1.29 is 19.3 Å². The second kappa shape index (κ2) is 8.77. The number of benzene rings is 1. The predicted octanol–water partition coefficient (Wildman–Crippen LogP) is 2.77. The van der Waals surface area contributed by atoms with Crippen LogP contribution in [0.4, 0.5) is 0 Å². The largest absolute Gasteiger partial charge is 0.493 e. The summed E-state index contributed by atoms with van der Waals surface area (Å²) in [6.07, 6.45) is 1.15. The van der Waals surface area contributed by atoms with Crippen LogP contribution in [0.2, 0.25) is 0 Å². The van der Waals surface area contributed by atoms with E-state index in [1.807, 2.05) is 32.0 Å². The van der Waals surface area contributed by atoms with Crippen LogP contribution in [0.25, 0.3) is 0 Å². The minimum Gasteiger partial charge on any atom is -0.493 e. The SMILES string of the molecule is CCCOc1ccc(CO)c(OCCOC(C)C)c1. The summed E-state index contributed by atoms with van der Waals surface area (Å²) in [5.74, 6) is 1.42. The molecule has 1 N–H and O–H groups in total. The molecular formula is C15H24O4. The minimum atomic E-state index is -0.0472. The summed E-state index contributed by atoms with van der Waals surface area (Å²) in [6, 6.07) is 5.49. The van der Waals surface area contributed by atoms with E-state index in [4.69, 9.17) is 14.2 Å². The van der Waals surface area contributed by atoms with E-state index < -0.39 is 0 Å². The molecule has 4 nitrogen and oxygen atoms in total. The van der Waals surface area contributed by atoms with E-state index in [0.29, 0.717) is 25.6 Å². The van der Waals surface area contributed by atoms with Crippen molar-refractivity contribution >= 4 is 0 Å². The molecule has 0 aliphatic heterocycles. The van der Waals surface area contributed by atoms with Gasteiger partial charge in [0, 0.05) is 11.6 Å². The molecule has 0 saturated carbocycles. The van der Waals surface area contributed by atoms with Crippen LogP contribution in [-0.4, -0.2) is 31.0 Å². The van der Waals surface area contributed by atoms with Gasteiger partial charge in [0.25, 0.3) is 0 Å². The Bertz CT molecular complexity index is 363. The molecule has 0 aromatic heterocycles. The first-order chi connectivity index (χ1) is 9.17. The van der Waals surface area contributed by atoms with Gasteiger partial charge in [-0.1, -0.05) is 6.92 Å². The smallest absolute Gasteiger partial charge is 0.128 e. The first-order valence-corrected chi connectivity index (χ1v) is 6.78. The third-order valence-electron chi connectivity index (χ3n) is 2.47. The average molecular weight is 268 g/mol. The first-order valence-electron chi connectivity index (χ1n) is 6.78. The van der Waals surface area contributed by atoms with Crippen molar-refractivity contribution in [2.45, 2.75) is 39.9 Å². The summed E-state index contributed by atoms with van der Waals surface area (Å²) in [5, 5.41) is 9.28. The lowest BCUT2D eigenvalue weighted by atomic mass is 10.2. The van der Waals surface area contributed by atoms with Crippen molar-refractivity contribution in [2.24, 2.45) is 0 Å². The van der Waals surface area contributed by atoms with Crippen molar-refractivity contribution in [1.29, 1.82) is 0 Å². The standard InChI is InChI=1S/C15H24O4/c1-4-7-18-14-6-5-13(11-16)15(10-14)19-9-8-17-12(2)3/h5-6,10,12,16H,4,7-9,11H2,1-3H3. The Balaban J connectivity index is 2.57. The van der Waals surface area contributed by atoms with Crippen LogP contribution in [0, 0.1) is 0 Å². The van der Waals surface area contributed by atoms with Gasteiger partial charge in [-0.05, 0) is 32.4 Å². The number of ether oxygens (including phenoxy) is 3. The minimum absolute atomic E-state index is 0.0472. The second-order valence-corrected chi connectivity index (χ2v) is 4.54. The van der Waals surface area contributed by atoms with E-state index in [2.05, 4.69) is 6.92 Å². The molecule has 19 heavy (non-hydrogen) atoms. The van der Waals surface area contributed by atoms with Crippen LogP contribution in [0.5, 0.6) is 11.5 Å². The zero-order valence-electron chi connectivity index (χ0n) is 12.0. The highest BCUT2D eigenvalue weighted by molar-refractivity contribution is 5.40. The highest BCUT2D eigenvalue weighted by Gasteiger charge is 2.06. The van der Waals surface area contributed by atoms with Crippen LogP contribution < -0.4 is 9.47 Å². The molecule has 0 spiro atoms. The van der Waals surface area contributed by atoms with Crippen LogP contribution in [0.15, 0.2) is 18.2 Å². The third kappa shape index (κ3) is 5.94. The van der Waals surface area contributed by atoms with Gasteiger partial charge in [0.15, 0.2) is 0 Å². The number of hydrogen-bond donors (Lipinski definition) is 1. The lowest BCUT2D eigenvalue weighted by Crippen LogP contribution is -2.12. The van der Waals surface area contributed by atoms with Gasteiger partial charge in [-0.3, -0.25) is 0 Å². The Morgan fingerprint density at radius 3 is 2.53 bits per heavy atom. The molecule has 4 heteroatoms. The molecule has 0 aliphatic carbocycles. The molecule has 0 amide bonds. The fourth-order valence-corrected chi connectivity index (χ4v) is 1.54. The molecule has 0 atom stereocenters. The van der Waals surface area contributed by atoms with Gasteiger partial charge in [-0.15, -0.1) is 0 Å². The van der Waals surface area contributed by atoms with Crippen molar-refractivity contribution in [3.8, 4) is 11.5 Å². The summed E-state index contributed by atoms with van der Waals surface area (Å²) in [7, 11) is 0. The number of aliphatic hydroxyl groups is 1. The molecule has 108 valence electrons. The zero-order chi connectivity index (χ0) is 14.1. The number of rotatable bonds is 9. The summed E-state index contributed by atoms with van der Waals surface area (Å²) in [6.45, 7) is 7.65. The molecule has 0 bridgehead atoms. The predicted molar refractivity (Wildman–Crippen MR) is 74.7 cm³/mol. The van der Waals surface area contributed by atoms with E-state index >= 15 is 0 Å². The van der Waals surface area contributed by atoms with Crippen molar-refractivity contribution in [3.63, 3.8) is 0 Å². The average Bonchev–Trinajstić information content (AvgIpc) is 2.41. The van der Waals surface area contributed by atoms with E-state index in [9.17, 15) is 5.11 Å². The summed E-state index contributed by atoms with van der Waals surface area (Å²) in [5.41, 5.74) is 0.758.